The van der Waals surface area contributed by atoms with Gasteiger partial charge in [-0.25, -0.2) is 0 Å². The average Bonchev–Trinajstić information content (AvgIpc) is 2.89. The molecule has 20 heavy (non-hydrogen) atoms. The van der Waals surface area contributed by atoms with Crippen molar-refractivity contribution in [3.8, 4) is 5.75 Å². The number of rotatable bonds is 3. The number of ether oxygens (including phenoxy) is 2. The molecule has 1 saturated heterocycles. The molecule has 2 fully saturated rings. The fourth-order valence-electron chi connectivity index (χ4n) is 3.43. The lowest BCUT2D eigenvalue weighted by molar-refractivity contribution is -0.108. The van der Waals surface area contributed by atoms with E-state index in [-0.39, 0.29) is 18.3 Å². The zero-order valence-corrected chi connectivity index (χ0v) is 12.4. The summed E-state index contributed by atoms with van der Waals surface area (Å²) in [6.45, 7) is 0.702. The van der Waals surface area contributed by atoms with Crippen LogP contribution in [0.3, 0.4) is 0 Å². The van der Waals surface area contributed by atoms with Crippen molar-refractivity contribution < 1.29 is 14.6 Å². The standard InChI is InChI=1S/C16H21ClO3/c17-14-5-3-4-12(11-18)15(14)20-13-6-9-19-16(10-13)7-1-2-8-16/h3-5,13,18H,1-2,6-11H2. The van der Waals surface area contributed by atoms with Crippen LogP contribution in [0.4, 0.5) is 0 Å². The summed E-state index contributed by atoms with van der Waals surface area (Å²) in [5.74, 6) is 0.636. The number of aliphatic hydroxyl groups excluding tert-OH is 1. The van der Waals surface area contributed by atoms with Gasteiger partial charge in [-0.05, 0) is 18.9 Å². The molecule has 1 atom stereocenters. The molecule has 0 aromatic heterocycles. The van der Waals surface area contributed by atoms with Crippen molar-refractivity contribution in [1.29, 1.82) is 0 Å². The third kappa shape index (κ3) is 2.80. The van der Waals surface area contributed by atoms with Gasteiger partial charge < -0.3 is 14.6 Å². The molecule has 0 radical (unpaired) electrons. The van der Waals surface area contributed by atoms with Crippen LogP contribution in [0.2, 0.25) is 5.02 Å². The Morgan fingerprint density at radius 2 is 2.15 bits per heavy atom. The minimum absolute atomic E-state index is 0.0313. The first-order valence-corrected chi connectivity index (χ1v) is 7.79. The Balaban J connectivity index is 1.74. The van der Waals surface area contributed by atoms with Gasteiger partial charge in [-0.1, -0.05) is 36.6 Å². The molecule has 1 unspecified atom stereocenters. The largest absolute Gasteiger partial charge is 0.488 e. The van der Waals surface area contributed by atoms with Gasteiger partial charge in [0.2, 0.25) is 0 Å². The van der Waals surface area contributed by atoms with Crippen LogP contribution in [-0.2, 0) is 11.3 Å². The van der Waals surface area contributed by atoms with Gasteiger partial charge in [0.05, 0.1) is 23.8 Å². The zero-order valence-electron chi connectivity index (χ0n) is 11.6. The number of benzene rings is 1. The second-order valence-corrected chi connectivity index (χ2v) is 6.26. The summed E-state index contributed by atoms with van der Waals surface area (Å²) in [5.41, 5.74) is 0.785. The molecule has 1 aliphatic carbocycles. The first kappa shape index (κ1) is 14.2. The van der Waals surface area contributed by atoms with Crippen molar-refractivity contribution in [1.82, 2.24) is 0 Å². The van der Waals surface area contributed by atoms with E-state index in [0.29, 0.717) is 10.8 Å². The van der Waals surface area contributed by atoms with E-state index in [4.69, 9.17) is 21.1 Å². The second kappa shape index (κ2) is 5.92. The van der Waals surface area contributed by atoms with Gasteiger partial charge in [0.1, 0.15) is 11.9 Å². The lowest BCUT2D eigenvalue weighted by atomic mass is 9.90. The van der Waals surface area contributed by atoms with E-state index in [9.17, 15) is 5.11 Å². The highest BCUT2D eigenvalue weighted by Crippen LogP contribution is 2.41. The molecule has 1 heterocycles. The highest BCUT2D eigenvalue weighted by atomic mass is 35.5. The maximum Gasteiger partial charge on any atom is 0.143 e. The maximum atomic E-state index is 9.41. The van der Waals surface area contributed by atoms with Crippen LogP contribution >= 0.6 is 11.6 Å². The van der Waals surface area contributed by atoms with Crippen molar-refractivity contribution in [3.05, 3.63) is 28.8 Å². The smallest absolute Gasteiger partial charge is 0.143 e. The van der Waals surface area contributed by atoms with Crippen LogP contribution in [0.25, 0.3) is 0 Å². The van der Waals surface area contributed by atoms with Gasteiger partial charge in [0.25, 0.3) is 0 Å². The Kier molecular flexibility index (Phi) is 4.20. The molecular weight excluding hydrogens is 276 g/mol. The zero-order chi connectivity index (χ0) is 14.0. The Morgan fingerprint density at radius 1 is 1.35 bits per heavy atom. The van der Waals surface area contributed by atoms with E-state index in [2.05, 4.69) is 0 Å². The Hall–Kier alpha value is -0.770. The predicted octanol–water partition coefficient (Wildman–Crippen LogP) is 3.70. The van der Waals surface area contributed by atoms with E-state index < -0.39 is 0 Å². The normalized spacial score (nSPS) is 25.0. The molecule has 3 nitrogen and oxygen atoms in total. The lowest BCUT2D eigenvalue weighted by Crippen LogP contribution is -2.41. The van der Waals surface area contributed by atoms with Crippen LogP contribution in [0, 0.1) is 0 Å². The highest BCUT2D eigenvalue weighted by molar-refractivity contribution is 6.32. The first-order chi connectivity index (χ1) is 9.72. The molecule has 0 bridgehead atoms. The number of hydrogen-bond acceptors (Lipinski definition) is 3. The maximum absolute atomic E-state index is 9.41. The van der Waals surface area contributed by atoms with E-state index in [0.717, 1.165) is 37.9 Å². The van der Waals surface area contributed by atoms with E-state index >= 15 is 0 Å². The van der Waals surface area contributed by atoms with Gasteiger partial charge in [0.15, 0.2) is 0 Å². The molecule has 1 N–H and O–H groups in total. The minimum atomic E-state index is -0.0513. The molecule has 2 aliphatic rings. The predicted molar refractivity (Wildman–Crippen MR) is 78.2 cm³/mol. The van der Waals surface area contributed by atoms with Crippen molar-refractivity contribution in [2.24, 2.45) is 0 Å². The van der Waals surface area contributed by atoms with Gasteiger partial charge in [-0.3, -0.25) is 0 Å². The quantitative estimate of drug-likeness (QED) is 0.924. The summed E-state index contributed by atoms with van der Waals surface area (Å²) in [7, 11) is 0. The number of hydrogen-bond donors (Lipinski definition) is 1. The summed E-state index contributed by atoms with van der Waals surface area (Å²) in [6.07, 6.45) is 6.74. The van der Waals surface area contributed by atoms with Crippen molar-refractivity contribution >= 4 is 11.6 Å². The van der Waals surface area contributed by atoms with E-state index in [1.807, 2.05) is 12.1 Å². The van der Waals surface area contributed by atoms with Crippen LogP contribution in [-0.4, -0.2) is 23.4 Å². The highest BCUT2D eigenvalue weighted by Gasteiger charge is 2.40. The van der Waals surface area contributed by atoms with Crippen LogP contribution in [0.1, 0.15) is 44.1 Å². The summed E-state index contributed by atoms with van der Waals surface area (Å²) in [4.78, 5) is 0. The Bertz CT molecular complexity index is 469. The van der Waals surface area contributed by atoms with Crippen molar-refractivity contribution in [3.63, 3.8) is 0 Å². The SMILES string of the molecule is OCc1cccc(Cl)c1OC1CCOC2(CCCC2)C1. The fourth-order valence-corrected chi connectivity index (χ4v) is 3.67. The first-order valence-electron chi connectivity index (χ1n) is 7.41. The van der Waals surface area contributed by atoms with Crippen molar-refractivity contribution in [2.75, 3.05) is 6.61 Å². The summed E-state index contributed by atoms with van der Waals surface area (Å²) in [5, 5.41) is 9.99. The number of para-hydroxylation sites is 1. The van der Waals surface area contributed by atoms with Crippen LogP contribution in [0.5, 0.6) is 5.75 Å². The summed E-state index contributed by atoms with van der Waals surface area (Å²) >= 11 is 6.21. The summed E-state index contributed by atoms with van der Waals surface area (Å²) in [6, 6.07) is 5.50. The third-order valence-electron chi connectivity index (χ3n) is 4.47. The topological polar surface area (TPSA) is 38.7 Å². The number of halogens is 1. The van der Waals surface area contributed by atoms with Gasteiger partial charge in [-0.2, -0.15) is 0 Å². The van der Waals surface area contributed by atoms with Crippen molar-refractivity contribution in [2.45, 2.75) is 56.8 Å². The molecule has 0 amide bonds. The van der Waals surface area contributed by atoms with Gasteiger partial charge in [-0.15, -0.1) is 0 Å². The second-order valence-electron chi connectivity index (χ2n) is 5.86. The molecule has 4 heteroatoms. The molecule has 110 valence electrons. The Morgan fingerprint density at radius 3 is 2.90 bits per heavy atom. The van der Waals surface area contributed by atoms with Crippen LogP contribution in [0.15, 0.2) is 18.2 Å². The molecular formula is C16H21ClO3. The third-order valence-corrected chi connectivity index (χ3v) is 4.76. The van der Waals surface area contributed by atoms with E-state index in [1.165, 1.54) is 12.8 Å². The Labute approximate surface area is 124 Å². The molecule has 1 spiro atoms. The average molecular weight is 297 g/mol. The molecule has 1 saturated carbocycles. The summed E-state index contributed by atoms with van der Waals surface area (Å²) < 4.78 is 12.1. The molecule has 1 aromatic carbocycles. The number of aliphatic hydroxyl groups is 1. The van der Waals surface area contributed by atoms with E-state index in [1.54, 1.807) is 6.07 Å². The van der Waals surface area contributed by atoms with Crippen LogP contribution < -0.4 is 4.74 Å². The van der Waals surface area contributed by atoms with Gasteiger partial charge >= 0.3 is 0 Å². The minimum Gasteiger partial charge on any atom is -0.488 e. The molecule has 3 rings (SSSR count). The molecule has 1 aromatic rings. The van der Waals surface area contributed by atoms with Gasteiger partial charge in [0, 0.05) is 18.4 Å². The lowest BCUT2D eigenvalue weighted by Gasteiger charge is -2.38. The fraction of sp³-hybridized carbons (Fsp3) is 0.625. The monoisotopic (exact) mass is 296 g/mol. The molecule has 1 aliphatic heterocycles.